The van der Waals surface area contributed by atoms with Crippen LogP contribution in [0.25, 0.3) is 0 Å². The highest BCUT2D eigenvalue weighted by atomic mass is 32.1. The summed E-state index contributed by atoms with van der Waals surface area (Å²) >= 11 is 1.16. The van der Waals surface area contributed by atoms with Crippen LogP contribution in [-0.2, 0) is 4.79 Å². The highest BCUT2D eigenvalue weighted by Gasteiger charge is 2.17. The van der Waals surface area contributed by atoms with Crippen molar-refractivity contribution < 1.29 is 15.1 Å². The van der Waals surface area contributed by atoms with Crippen molar-refractivity contribution in [3.05, 3.63) is 11.1 Å². The van der Waals surface area contributed by atoms with E-state index in [1.54, 1.807) is 0 Å². The van der Waals surface area contributed by atoms with Gasteiger partial charge in [-0.15, -0.1) is 11.3 Å². The number of hydrogen-bond acceptors (Lipinski definition) is 8. The molecule has 9 heteroatoms. The summed E-state index contributed by atoms with van der Waals surface area (Å²) in [6.45, 7) is 1.34. The summed E-state index contributed by atoms with van der Waals surface area (Å²) in [6, 6.07) is 0. The zero-order valence-corrected chi connectivity index (χ0v) is 10.4. The number of carbonyl (C=O) groups is 1. The number of nitrogens with one attached hydrogen (secondary N) is 2. The lowest BCUT2D eigenvalue weighted by atomic mass is 10.3. The Bertz CT molecular complexity index is 420. The van der Waals surface area contributed by atoms with Crippen LogP contribution in [0.5, 0.6) is 0 Å². The number of amides is 1. The molecule has 0 bridgehead atoms. The van der Waals surface area contributed by atoms with Gasteiger partial charge in [0.05, 0.1) is 6.61 Å². The van der Waals surface area contributed by atoms with E-state index >= 15 is 0 Å². The number of nitrogens with two attached hydrogens (primary N) is 1. The summed E-state index contributed by atoms with van der Waals surface area (Å²) in [5, 5.41) is 27.5. The molecule has 0 aromatic carbocycles. The fraction of sp³-hybridized carbons (Fsp3) is 0.444. The number of thiazole rings is 1. The molecule has 0 fully saturated rings. The van der Waals surface area contributed by atoms with Crippen molar-refractivity contribution in [2.45, 2.75) is 0 Å². The molecule has 0 aliphatic rings. The Hall–Kier alpha value is -1.71. The van der Waals surface area contributed by atoms with Gasteiger partial charge in [0.15, 0.2) is 10.8 Å². The van der Waals surface area contributed by atoms with Gasteiger partial charge in [0, 0.05) is 25.0 Å². The number of nitrogen functional groups attached to an aromatic ring is 1. The maximum Gasteiger partial charge on any atom is 0.275 e. The first-order valence-electron chi connectivity index (χ1n) is 5.22. The van der Waals surface area contributed by atoms with E-state index in [-0.39, 0.29) is 18.0 Å². The van der Waals surface area contributed by atoms with Gasteiger partial charge in [-0.3, -0.25) is 4.79 Å². The number of aliphatic hydroxyl groups is 1. The summed E-state index contributed by atoms with van der Waals surface area (Å²) in [6.07, 6.45) is 0. The van der Waals surface area contributed by atoms with Crippen LogP contribution in [0.15, 0.2) is 10.5 Å². The third kappa shape index (κ3) is 4.28. The lowest BCUT2D eigenvalue weighted by Crippen LogP contribution is -2.37. The van der Waals surface area contributed by atoms with Crippen LogP contribution in [0.2, 0.25) is 0 Å². The molecule has 0 unspecified atom stereocenters. The molecule has 1 amide bonds. The number of aromatic nitrogens is 1. The molecule has 100 valence electrons. The minimum atomic E-state index is -0.534. The van der Waals surface area contributed by atoms with Crippen molar-refractivity contribution in [1.29, 1.82) is 0 Å². The molecule has 0 aliphatic heterocycles. The Kier molecular flexibility index (Phi) is 6.05. The molecule has 0 atom stereocenters. The Morgan fingerprint density at radius 3 is 2.83 bits per heavy atom. The molecule has 1 aromatic rings. The fourth-order valence-electron chi connectivity index (χ4n) is 1.16. The molecular weight excluding hydrogens is 258 g/mol. The first-order valence-corrected chi connectivity index (χ1v) is 6.10. The molecule has 8 nitrogen and oxygen atoms in total. The van der Waals surface area contributed by atoms with Crippen molar-refractivity contribution in [3.8, 4) is 0 Å². The van der Waals surface area contributed by atoms with Crippen molar-refractivity contribution >= 4 is 28.1 Å². The standard InChI is InChI=1S/C9H15N5O3S/c10-9-13-6(5-18-9)7(14-17)8(16)12-2-1-11-3-4-15/h5,11,15,17H,1-4H2,(H2,10,13)(H,12,16)/b14-7-. The average molecular weight is 273 g/mol. The van der Waals surface area contributed by atoms with E-state index in [2.05, 4.69) is 20.8 Å². The van der Waals surface area contributed by atoms with E-state index in [1.165, 1.54) is 5.38 Å². The predicted molar refractivity (Wildman–Crippen MR) is 67.8 cm³/mol. The van der Waals surface area contributed by atoms with Crippen LogP contribution in [-0.4, -0.2) is 53.2 Å². The number of hydrogen-bond donors (Lipinski definition) is 5. The van der Waals surface area contributed by atoms with Gasteiger partial charge < -0.3 is 26.7 Å². The van der Waals surface area contributed by atoms with Gasteiger partial charge in [-0.25, -0.2) is 4.98 Å². The van der Waals surface area contributed by atoms with Gasteiger partial charge >= 0.3 is 0 Å². The summed E-state index contributed by atoms with van der Waals surface area (Å²) in [4.78, 5) is 15.5. The summed E-state index contributed by atoms with van der Waals surface area (Å²) in [7, 11) is 0. The third-order valence-corrected chi connectivity index (χ3v) is 2.63. The van der Waals surface area contributed by atoms with Gasteiger partial charge in [-0.05, 0) is 0 Å². The van der Waals surface area contributed by atoms with Crippen LogP contribution in [0, 0.1) is 0 Å². The maximum absolute atomic E-state index is 11.7. The first-order chi connectivity index (χ1) is 8.69. The Labute approximate surface area is 108 Å². The van der Waals surface area contributed by atoms with Crippen LogP contribution in [0.3, 0.4) is 0 Å². The molecule has 1 aromatic heterocycles. The third-order valence-electron chi connectivity index (χ3n) is 1.96. The zero-order valence-electron chi connectivity index (χ0n) is 9.59. The molecule has 0 saturated heterocycles. The predicted octanol–water partition coefficient (Wildman–Crippen LogP) is -1.40. The Balaban J connectivity index is 2.44. The lowest BCUT2D eigenvalue weighted by molar-refractivity contribution is -0.114. The largest absolute Gasteiger partial charge is 0.410 e. The van der Waals surface area contributed by atoms with Crippen LogP contribution < -0.4 is 16.4 Å². The highest BCUT2D eigenvalue weighted by Crippen LogP contribution is 2.11. The number of anilines is 1. The second-order valence-corrected chi connectivity index (χ2v) is 4.14. The van der Waals surface area contributed by atoms with Crippen molar-refractivity contribution in [1.82, 2.24) is 15.6 Å². The topological polar surface area (TPSA) is 133 Å². The van der Waals surface area contributed by atoms with Gasteiger partial charge in [0.2, 0.25) is 0 Å². The highest BCUT2D eigenvalue weighted by molar-refractivity contribution is 7.13. The molecule has 0 saturated carbocycles. The van der Waals surface area contributed by atoms with Crippen molar-refractivity contribution in [3.63, 3.8) is 0 Å². The lowest BCUT2D eigenvalue weighted by Gasteiger charge is -2.05. The van der Waals surface area contributed by atoms with E-state index in [1.807, 2.05) is 0 Å². The van der Waals surface area contributed by atoms with E-state index in [0.29, 0.717) is 24.8 Å². The first kappa shape index (κ1) is 14.4. The second-order valence-electron chi connectivity index (χ2n) is 3.25. The second kappa shape index (κ2) is 7.58. The summed E-state index contributed by atoms with van der Waals surface area (Å²) in [5.41, 5.74) is 5.49. The molecule has 6 N–H and O–H groups in total. The fourth-order valence-corrected chi connectivity index (χ4v) is 1.71. The van der Waals surface area contributed by atoms with Crippen LogP contribution in [0.1, 0.15) is 5.69 Å². The normalized spacial score (nSPS) is 11.5. The average Bonchev–Trinajstić information content (AvgIpc) is 2.76. The van der Waals surface area contributed by atoms with Crippen molar-refractivity contribution in [2.75, 3.05) is 32.0 Å². The van der Waals surface area contributed by atoms with E-state index in [0.717, 1.165) is 11.3 Å². The van der Waals surface area contributed by atoms with E-state index in [9.17, 15) is 4.79 Å². The number of nitrogens with zero attached hydrogens (tertiary/aromatic N) is 2. The van der Waals surface area contributed by atoms with Gasteiger partial charge in [0.25, 0.3) is 5.91 Å². The van der Waals surface area contributed by atoms with Crippen LogP contribution in [0.4, 0.5) is 5.13 Å². The van der Waals surface area contributed by atoms with Gasteiger partial charge in [0.1, 0.15) is 5.69 Å². The van der Waals surface area contributed by atoms with Gasteiger partial charge in [-0.2, -0.15) is 0 Å². The van der Waals surface area contributed by atoms with Gasteiger partial charge in [-0.1, -0.05) is 5.16 Å². The molecule has 1 heterocycles. The monoisotopic (exact) mass is 273 g/mol. The molecular formula is C9H15N5O3S. The molecule has 18 heavy (non-hydrogen) atoms. The van der Waals surface area contributed by atoms with Crippen LogP contribution >= 0.6 is 11.3 Å². The minimum Gasteiger partial charge on any atom is -0.410 e. The summed E-state index contributed by atoms with van der Waals surface area (Å²) < 4.78 is 0. The smallest absolute Gasteiger partial charge is 0.275 e. The summed E-state index contributed by atoms with van der Waals surface area (Å²) in [5.74, 6) is -0.534. The minimum absolute atomic E-state index is 0.0371. The molecule has 0 spiro atoms. The number of oxime groups is 1. The zero-order chi connectivity index (χ0) is 13.4. The van der Waals surface area contributed by atoms with E-state index in [4.69, 9.17) is 16.0 Å². The van der Waals surface area contributed by atoms with Crippen molar-refractivity contribution in [2.24, 2.45) is 5.16 Å². The SMILES string of the molecule is Nc1nc(/C(=N/O)C(=O)NCCNCCO)cs1. The Morgan fingerprint density at radius 1 is 1.50 bits per heavy atom. The van der Waals surface area contributed by atoms with E-state index < -0.39 is 5.91 Å². The number of rotatable bonds is 7. The molecule has 1 rings (SSSR count). The Morgan fingerprint density at radius 2 is 2.28 bits per heavy atom. The molecule has 0 radical (unpaired) electrons. The number of carbonyl (C=O) groups excluding carboxylic acids is 1. The maximum atomic E-state index is 11.7. The number of aliphatic hydroxyl groups excluding tert-OH is 1. The quantitative estimate of drug-likeness (QED) is 0.180. The molecule has 0 aliphatic carbocycles.